The second kappa shape index (κ2) is 9.96. The molecule has 1 atom stereocenters. The maximum absolute atomic E-state index is 12.1. The van der Waals surface area contributed by atoms with Crippen LogP contribution >= 0.6 is 0 Å². The lowest BCUT2D eigenvalue weighted by molar-refractivity contribution is 0.205. The minimum Gasteiger partial charge on any atom is -0.296 e. The summed E-state index contributed by atoms with van der Waals surface area (Å²) >= 11 is 0. The van der Waals surface area contributed by atoms with Gasteiger partial charge in [0.05, 0.1) is 17.4 Å². The van der Waals surface area contributed by atoms with Crippen LogP contribution in [0.5, 0.6) is 0 Å². The molecule has 1 heterocycles. The van der Waals surface area contributed by atoms with Gasteiger partial charge in [0.25, 0.3) is 0 Å². The van der Waals surface area contributed by atoms with E-state index < -0.39 is 10.8 Å². The molecular formula is C16H33N7OS. The number of nitrogens with two attached hydrogens (primary N) is 1. The molecule has 8 nitrogen and oxygen atoms in total. The molecule has 0 saturated heterocycles. The second-order valence-corrected chi connectivity index (χ2v) is 9.37. The number of hydrogen-bond donors (Lipinski definition) is 2. The lowest BCUT2D eigenvalue weighted by Crippen LogP contribution is -2.47. The second-order valence-electron chi connectivity index (χ2n) is 7.68. The molecule has 1 aromatic heterocycles. The lowest BCUT2D eigenvalue weighted by Gasteiger charge is -2.33. The molecule has 0 saturated carbocycles. The van der Waals surface area contributed by atoms with Crippen LogP contribution in [0.3, 0.4) is 0 Å². The highest BCUT2D eigenvalue weighted by Crippen LogP contribution is 2.21. The third kappa shape index (κ3) is 7.60. The highest BCUT2D eigenvalue weighted by Gasteiger charge is 2.22. The maximum atomic E-state index is 12.1. The Morgan fingerprint density at radius 3 is 2.28 bits per heavy atom. The van der Waals surface area contributed by atoms with Crippen LogP contribution in [0.4, 0.5) is 0 Å². The van der Waals surface area contributed by atoms with E-state index in [9.17, 15) is 4.21 Å². The van der Waals surface area contributed by atoms with Crippen LogP contribution in [0.25, 0.3) is 0 Å². The van der Waals surface area contributed by atoms with Crippen molar-refractivity contribution < 1.29 is 4.21 Å². The number of hydrazine groups is 1. The summed E-state index contributed by atoms with van der Waals surface area (Å²) in [5.74, 6) is 7.25. The zero-order valence-corrected chi connectivity index (χ0v) is 16.8. The van der Waals surface area contributed by atoms with E-state index in [0.717, 1.165) is 56.4 Å². The summed E-state index contributed by atoms with van der Waals surface area (Å²) in [7, 11) is -0.763. The largest absolute Gasteiger partial charge is 0.296 e. The normalized spacial score (nSPS) is 13.6. The van der Waals surface area contributed by atoms with Gasteiger partial charge >= 0.3 is 0 Å². The van der Waals surface area contributed by atoms with Crippen LogP contribution < -0.4 is 5.84 Å². The van der Waals surface area contributed by atoms with Crippen LogP contribution in [0.15, 0.2) is 6.33 Å². The van der Waals surface area contributed by atoms with E-state index in [1.807, 2.05) is 13.8 Å². The average molecular weight is 372 g/mol. The zero-order chi connectivity index (χ0) is 18.9. The number of nitrogens with one attached hydrogen (secondary N) is 1. The van der Waals surface area contributed by atoms with Gasteiger partial charge in [0.15, 0.2) is 0 Å². The minimum absolute atomic E-state index is 0.112. The van der Waals surface area contributed by atoms with Crippen LogP contribution in [0.2, 0.25) is 0 Å². The summed E-state index contributed by atoms with van der Waals surface area (Å²) in [6.45, 7) is 8.25. The summed E-state index contributed by atoms with van der Waals surface area (Å²) in [5.41, 5.74) is -0.343. The van der Waals surface area contributed by atoms with E-state index in [0.29, 0.717) is 0 Å². The summed E-state index contributed by atoms with van der Waals surface area (Å²) in [4.78, 5) is 0. The number of aromatic nitrogens is 4. The van der Waals surface area contributed by atoms with Gasteiger partial charge < -0.3 is 0 Å². The molecule has 0 aliphatic carbocycles. The Morgan fingerprint density at radius 1 is 1.16 bits per heavy atom. The third-order valence-corrected chi connectivity index (χ3v) is 6.12. The van der Waals surface area contributed by atoms with E-state index in [-0.39, 0.29) is 11.1 Å². The van der Waals surface area contributed by atoms with E-state index >= 15 is 0 Å². The van der Waals surface area contributed by atoms with Crippen molar-refractivity contribution in [3.63, 3.8) is 0 Å². The van der Waals surface area contributed by atoms with Crippen molar-refractivity contribution in [1.29, 1.82) is 5.41 Å². The number of nitrogens with zero attached hydrogens (tertiary/aromatic N) is 5. The molecule has 0 spiro atoms. The van der Waals surface area contributed by atoms with Crippen molar-refractivity contribution in [2.75, 3.05) is 11.5 Å². The quantitative estimate of drug-likeness (QED) is 0.180. The standard InChI is InChI=1S/C16H33N7OS/c1-15(2,22(18)13-17)9-5-7-11-25(24)12-8-6-10-16(3,4)23-14-19-20-21-23/h13-14,17H,5-12,18H2,1-4H3. The van der Waals surface area contributed by atoms with Crippen molar-refractivity contribution in [3.05, 3.63) is 6.33 Å². The monoisotopic (exact) mass is 371 g/mol. The van der Waals surface area contributed by atoms with Gasteiger partial charge in [0.2, 0.25) is 0 Å². The van der Waals surface area contributed by atoms with E-state index in [4.69, 9.17) is 11.3 Å². The highest BCUT2D eigenvalue weighted by atomic mass is 32.2. The van der Waals surface area contributed by atoms with Crippen LogP contribution in [0.1, 0.15) is 66.2 Å². The third-order valence-electron chi connectivity index (χ3n) is 4.63. The number of tetrazole rings is 1. The summed E-state index contributed by atoms with van der Waals surface area (Å²) in [5, 5.41) is 20.0. The van der Waals surface area contributed by atoms with Crippen LogP contribution in [-0.4, -0.2) is 52.8 Å². The van der Waals surface area contributed by atoms with Crippen LogP contribution in [0, 0.1) is 5.41 Å². The molecule has 1 unspecified atom stereocenters. The molecular weight excluding hydrogens is 338 g/mol. The van der Waals surface area contributed by atoms with Crippen molar-refractivity contribution in [3.8, 4) is 0 Å². The molecule has 0 radical (unpaired) electrons. The average Bonchev–Trinajstić information content (AvgIpc) is 3.10. The molecule has 9 heteroatoms. The van der Waals surface area contributed by atoms with E-state index in [1.165, 1.54) is 5.01 Å². The Bertz CT molecular complexity index is 531. The summed E-state index contributed by atoms with van der Waals surface area (Å²) < 4.78 is 13.9. The van der Waals surface area contributed by atoms with Gasteiger partial charge in [-0.15, -0.1) is 5.10 Å². The Balaban J connectivity index is 2.14. The molecule has 3 N–H and O–H groups in total. The van der Waals surface area contributed by atoms with Gasteiger partial charge in [0.1, 0.15) is 6.33 Å². The van der Waals surface area contributed by atoms with Crippen molar-refractivity contribution in [2.45, 2.75) is 77.3 Å². The fraction of sp³-hybridized carbons (Fsp3) is 0.875. The number of hydrogen-bond acceptors (Lipinski definition) is 6. The smallest absolute Gasteiger partial charge is 0.138 e. The molecule has 1 aromatic rings. The molecule has 0 aliphatic heterocycles. The highest BCUT2D eigenvalue weighted by molar-refractivity contribution is 7.84. The fourth-order valence-corrected chi connectivity index (χ4v) is 3.86. The van der Waals surface area contributed by atoms with E-state index in [2.05, 4.69) is 29.4 Å². The van der Waals surface area contributed by atoms with Crippen LogP contribution in [-0.2, 0) is 16.3 Å². The minimum atomic E-state index is -0.763. The zero-order valence-electron chi connectivity index (χ0n) is 15.9. The first-order valence-corrected chi connectivity index (χ1v) is 10.3. The molecule has 1 rings (SSSR count). The van der Waals surface area contributed by atoms with Gasteiger partial charge in [-0.3, -0.25) is 14.6 Å². The Labute approximate surface area is 153 Å². The van der Waals surface area contributed by atoms with Gasteiger partial charge in [-0.25, -0.2) is 10.5 Å². The molecule has 0 aliphatic rings. The molecule has 0 fully saturated rings. The fourth-order valence-electron chi connectivity index (χ4n) is 2.60. The van der Waals surface area contributed by atoms with Gasteiger partial charge in [0, 0.05) is 22.3 Å². The van der Waals surface area contributed by atoms with E-state index in [1.54, 1.807) is 11.0 Å². The summed E-state index contributed by atoms with van der Waals surface area (Å²) in [6.07, 6.45) is 8.48. The number of rotatable bonds is 13. The SMILES string of the molecule is CC(C)(CCCCS(=O)CCCCC(C)(C)n1cnnn1)N(N)C=N. The van der Waals surface area contributed by atoms with Crippen molar-refractivity contribution in [2.24, 2.45) is 5.84 Å². The predicted octanol–water partition coefficient (Wildman–Crippen LogP) is 2.06. The van der Waals surface area contributed by atoms with Gasteiger partial charge in [-0.05, 0) is 63.8 Å². The first kappa shape index (κ1) is 21.7. The predicted molar refractivity (Wildman–Crippen MR) is 102 cm³/mol. The molecule has 144 valence electrons. The Morgan fingerprint density at radius 2 is 1.76 bits per heavy atom. The Hall–Kier alpha value is -1.35. The lowest BCUT2D eigenvalue weighted by atomic mass is 9.97. The van der Waals surface area contributed by atoms with Crippen molar-refractivity contribution >= 4 is 17.1 Å². The first-order valence-electron chi connectivity index (χ1n) is 8.82. The molecule has 0 amide bonds. The number of unbranched alkanes of at least 4 members (excludes halogenated alkanes) is 2. The maximum Gasteiger partial charge on any atom is 0.138 e. The van der Waals surface area contributed by atoms with Crippen molar-refractivity contribution in [1.82, 2.24) is 25.2 Å². The molecule has 0 bridgehead atoms. The Kier molecular flexibility index (Phi) is 8.64. The molecule has 25 heavy (non-hydrogen) atoms. The summed E-state index contributed by atoms with van der Waals surface area (Å²) in [6, 6.07) is 0. The van der Waals surface area contributed by atoms with Gasteiger partial charge in [-0.2, -0.15) is 0 Å². The first-order chi connectivity index (χ1) is 11.7. The topological polar surface area (TPSA) is 114 Å². The molecule has 0 aromatic carbocycles. The van der Waals surface area contributed by atoms with Gasteiger partial charge in [-0.1, -0.05) is 12.8 Å².